The molecule has 1 unspecified atom stereocenters. The fraction of sp³-hybridized carbons (Fsp3) is 0.600. The molecule has 1 aliphatic carbocycles. The summed E-state index contributed by atoms with van der Waals surface area (Å²) < 4.78 is 58.7. The van der Waals surface area contributed by atoms with E-state index in [0.717, 1.165) is 51.4 Å². The minimum absolute atomic E-state index is 0.0775. The van der Waals surface area contributed by atoms with Gasteiger partial charge in [-0.15, -0.1) is 0 Å². The zero-order valence-electron chi connectivity index (χ0n) is 31.0. The molecule has 4 aliphatic heterocycles. The van der Waals surface area contributed by atoms with Crippen LogP contribution in [0.25, 0.3) is 0 Å². The van der Waals surface area contributed by atoms with E-state index in [4.69, 9.17) is 21.1 Å². The van der Waals surface area contributed by atoms with E-state index < -0.39 is 44.4 Å². The van der Waals surface area contributed by atoms with Gasteiger partial charge in [0.1, 0.15) is 17.6 Å². The maximum absolute atomic E-state index is 16.8. The fourth-order valence-corrected chi connectivity index (χ4v) is 10.5. The van der Waals surface area contributed by atoms with Crippen molar-refractivity contribution < 1.29 is 31.9 Å². The largest absolute Gasteiger partial charge is 0.490 e. The van der Waals surface area contributed by atoms with Crippen LogP contribution in [0.1, 0.15) is 86.7 Å². The number of hydrogen-bond donors (Lipinski definition) is 1. The van der Waals surface area contributed by atoms with Crippen LogP contribution in [0, 0.1) is 5.92 Å². The van der Waals surface area contributed by atoms with Crippen LogP contribution in [-0.4, -0.2) is 99.9 Å². The van der Waals surface area contributed by atoms with Crippen molar-refractivity contribution in [3.05, 3.63) is 70.0 Å². The number of allylic oxidation sites excluding steroid dienone is 1. The van der Waals surface area contributed by atoms with Crippen LogP contribution in [0.2, 0.25) is 5.02 Å². The molecule has 2 amide bonds. The van der Waals surface area contributed by atoms with E-state index in [2.05, 4.69) is 15.7 Å². The molecular formula is C40H52ClFN4O6S. The Labute approximate surface area is 318 Å². The molecule has 53 heavy (non-hydrogen) atoms. The van der Waals surface area contributed by atoms with Gasteiger partial charge < -0.3 is 19.3 Å². The minimum Gasteiger partial charge on any atom is -0.490 e. The van der Waals surface area contributed by atoms with Crippen molar-refractivity contribution in [1.82, 2.24) is 14.5 Å². The summed E-state index contributed by atoms with van der Waals surface area (Å²) in [4.78, 5) is 33.9. The molecule has 1 N–H and O–H groups in total. The van der Waals surface area contributed by atoms with Gasteiger partial charge in [-0.3, -0.25) is 14.5 Å². The van der Waals surface area contributed by atoms with Crippen molar-refractivity contribution in [2.24, 2.45) is 5.92 Å². The van der Waals surface area contributed by atoms with Gasteiger partial charge >= 0.3 is 0 Å². The third kappa shape index (κ3) is 7.84. The summed E-state index contributed by atoms with van der Waals surface area (Å²) in [5, 5.41) is -0.325. The highest BCUT2D eigenvalue weighted by atomic mass is 35.5. The second-order valence-corrected chi connectivity index (χ2v) is 18.4. The van der Waals surface area contributed by atoms with Gasteiger partial charge in [0.2, 0.25) is 15.9 Å². The molecule has 2 bridgehead atoms. The molecule has 0 radical (unpaired) electrons. The normalized spacial score (nSPS) is 31.6. The molecule has 10 nitrogen and oxygen atoms in total. The molecule has 0 aromatic heterocycles. The first-order valence-electron chi connectivity index (χ1n) is 19.2. The van der Waals surface area contributed by atoms with Crippen molar-refractivity contribution in [1.29, 1.82) is 0 Å². The first-order valence-corrected chi connectivity index (χ1v) is 21.1. The number of carbonyl (C=O) groups excluding carboxylic acids is 2. The van der Waals surface area contributed by atoms with Crippen molar-refractivity contribution in [2.75, 3.05) is 51.3 Å². The van der Waals surface area contributed by atoms with E-state index in [1.165, 1.54) is 24.1 Å². The number of nitrogens with zero attached hydrogens (tertiary/aromatic N) is 3. The van der Waals surface area contributed by atoms with Gasteiger partial charge in [0, 0.05) is 55.3 Å². The van der Waals surface area contributed by atoms with Crippen LogP contribution >= 0.6 is 11.6 Å². The van der Waals surface area contributed by atoms with Crippen molar-refractivity contribution in [3.8, 4) is 5.75 Å². The van der Waals surface area contributed by atoms with E-state index in [9.17, 15) is 18.0 Å². The molecule has 5 aliphatic rings. The van der Waals surface area contributed by atoms with Crippen molar-refractivity contribution >= 4 is 39.1 Å². The molecule has 2 aromatic carbocycles. The SMILES string of the molecule is C[C@@H]1[C@@H](C)C/C=C(\F)[C@H](C(=O)N(C)CC2CCCCO2)N2CCC[C@H]2CN2C[C@@]3(CCCc4cc(Cl)ccc43)COc3ccc(cc32)C(=O)NS1(=O)=O. The van der Waals surface area contributed by atoms with Gasteiger partial charge in [-0.05, 0) is 119 Å². The molecular weight excluding hydrogens is 719 g/mol. The Bertz CT molecular complexity index is 1850. The predicted molar refractivity (Wildman–Crippen MR) is 204 cm³/mol. The number of hydrogen-bond acceptors (Lipinski definition) is 8. The number of anilines is 1. The summed E-state index contributed by atoms with van der Waals surface area (Å²) in [6, 6.07) is 9.76. The summed E-state index contributed by atoms with van der Waals surface area (Å²) >= 11 is 6.46. The number of amides is 2. The number of sulfonamides is 1. The van der Waals surface area contributed by atoms with Gasteiger partial charge in [-0.25, -0.2) is 17.5 Å². The number of benzene rings is 2. The number of carbonyl (C=O) groups is 2. The van der Waals surface area contributed by atoms with Crippen LogP contribution < -0.4 is 14.4 Å². The van der Waals surface area contributed by atoms with Gasteiger partial charge in [0.15, 0.2) is 0 Å². The van der Waals surface area contributed by atoms with Crippen LogP contribution in [0.5, 0.6) is 5.75 Å². The van der Waals surface area contributed by atoms with Gasteiger partial charge in [-0.2, -0.15) is 0 Å². The second kappa shape index (κ2) is 15.5. The molecule has 13 heteroatoms. The first-order chi connectivity index (χ1) is 25.3. The smallest absolute Gasteiger partial charge is 0.264 e. The summed E-state index contributed by atoms with van der Waals surface area (Å²) in [5.41, 5.74) is 2.83. The van der Waals surface area contributed by atoms with Gasteiger partial charge in [-0.1, -0.05) is 30.7 Å². The quantitative estimate of drug-likeness (QED) is 0.405. The van der Waals surface area contributed by atoms with Crippen LogP contribution in [0.3, 0.4) is 0 Å². The fourth-order valence-electron chi connectivity index (χ4n) is 9.07. The summed E-state index contributed by atoms with van der Waals surface area (Å²) in [6.45, 7) is 6.19. The minimum atomic E-state index is -4.13. The first kappa shape index (κ1) is 38.1. The second-order valence-electron chi connectivity index (χ2n) is 15.9. The van der Waals surface area contributed by atoms with E-state index >= 15 is 4.39 Å². The molecule has 2 aromatic rings. The van der Waals surface area contributed by atoms with Crippen LogP contribution in [0.15, 0.2) is 48.3 Å². The number of ether oxygens (including phenoxy) is 2. The Balaban J connectivity index is 1.31. The standard InChI is InChI=1S/C40H52ClFN4O6S/c1-26-11-15-34(42)37(39(48)44(3)23-32-10-4-5-19-51-32)46-18-7-9-31(46)22-45-24-40(17-6-8-28-20-30(41)13-14-33(28)40)25-52-36-16-12-29(21-35(36)45)38(47)43-53(49,50)27(26)2/h12-16,20-21,26-27,31-32,37H,4-11,17-19,22-25H2,1-3H3,(H,43,47)/b34-15-/t26-,27+,31-,32?,37+,40-/m0/s1. The average molecular weight is 771 g/mol. The van der Waals surface area contributed by atoms with Crippen LogP contribution in [-0.2, 0) is 31.4 Å². The van der Waals surface area contributed by atoms with Crippen molar-refractivity contribution in [3.63, 3.8) is 0 Å². The lowest BCUT2D eigenvalue weighted by Gasteiger charge is -2.42. The van der Waals surface area contributed by atoms with E-state index in [0.29, 0.717) is 55.9 Å². The Kier molecular flexibility index (Phi) is 11.2. The Morgan fingerprint density at radius 3 is 2.74 bits per heavy atom. The molecule has 2 saturated heterocycles. The third-order valence-electron chi connectivity index (χ3n) is 12.3. The molecule has 1 spiro atoms. The maximum atomic E-state index is 16.8. The van der Waals surface area contributed by atoms with Gasteiger partial charge in [0.05, 0.1) is 23.6 Å². The van der Waals surface area contributed by atoms with E-state index in [1.807, 2.05) is 17.0 Å². The van der Waals surface area contributed by atoms with Crippen LogP contribution in [0.4, 0.5) is 10.1 Å². The third-order valence-corrected chi connectivity index (χ3v) is 14.5. The Morgan fingerprint density at radius 1 is 1.11 bits per heavy atom. The lowest BCUT2D eigenvalue weighted by molar-refractivity contribution is -0.137. The molecule has 2 fully saturated rings. The highest BCUT2D eigenvalue weighted by molar-refractivity contribution is 7.90. The number of fused-ring (bicyclic) bond motifs is 4. The molecule has 7 rings (SSSR count). The molecule has 6 atom stereocenters. The monoisotopic (exact) mass is 770 g/mol. The number of aryl methyl sites for hydroxylation is 1. The average Bonchev–Trinajstić information content (AvgIpc) is 3.53. The Hall–Kier alpha value is -3.19. The summed E-state index contributed by atoms with van der Waals surface area (Å²) in [6.07, 6.45) is 8.50. The highest BCUT2D eigenvalue weighted by Crippen LogP contribution is 2.45. The molecule has 288 valence electrons. The zero-order chi connectivity index (χ0) is 37.5. The molecule has 4 heterocycles. The molecule has 0 saturated carbocycles. The Morgan fingerprint density at radius 2 is 1.94 bits per heavy atom. The number of halogens is 2. The highest BCUT2D eigenvalue weighted by Gasteiger charge is 2.45. The maximum Gasteiger partial charge on any atom is 0.264 e. The summed E-state index contributed by atoms with van der Waals surface area (Å²) in [7, 11) is -2.41. The lowest BCUT2D eigenvalue weighted by atomic mass is 9.70. The lowest BCUT2D eigenvalue weighted by Crippen LogP contribution is -2.55. The zero-order valence-corrected chi connectivity index (χ0v) is 32.6. The van der Waals surface area contributed by atoms with E-state index in [-0.39, 0.29) is 30.0 Å². The predicted octanol–water partition coefficient (Wildman–Crippen LogP) is 6.01. The van der Waals surface area contributed by atoms with E-state index in [1.54, 1.807) is 37.1 Å². The number of nitrogens with one attached hydrogen (secondary N) is 1. The summed E-state index contributed by atoms with van der Waals surface area (Å²) in [5.74, 6) is -1.60. The van der Waals surface area contributed by atoms with Gasteiger partial charge in [0.25, 0.3) is 5.91 Å². The number of likely N-dealkylation sites (N-methyl/N-ethyl adjacent to an activating group) is 1. The topological polar surface area (TPSA) is 108 Å². The number of rotatable bonds is 3. The van der Waals surface area contributed by atoms with Crippen molar-refractivity contribution in [2.45, 2.75) is 100 Å².